The summed E-state index contributed by atoms with van der Waals surface area (Å²) in [7, 11) is 0. The van der Waals surface area contributed by atoms with Gasteiger partial charge in [0.1, 0.15) is 0 Å². The molecule has 2 aromatic heterocycles. The average Bonchev–Trinajstić information content (AvgIpc) is 3.14. The number of hydrogen-bond acceptors (Lipinski definition) is 3. The summed E-state index contributed by atoms with van der Waals surface area (Å²) in [5, 5.41) is 5.89. The lowest BCUT2D eigenvalue weighted by atomic mass is 9.96. The second-order valence-corrected chi connectivity index (χ2v) is 6.03. The molecule has 0 saturated heterocycles. The predicted molar refractivity (Wildman–Crippen MR) is 74.6 cm³/mol. The molecule has 96 valence electrons. The van der Waals surface area contributed by atoms with Crippen LogP contribution in [0, 0.1) is 5.92 Å². The minimum Gasteiger partial charge on any atom is -0.472 e. The molecule has 3 rings (SSSR count). The van der Waals surface area contributed by atoms with Crippen molar-refractivity contribution in [2.45, 2.75) is 38.3 Å². The summed E-state index contributed by atoms with van der Waals surface area (Å²) in [6.45, 7) is 0.898. The van der Waals surface area contributed by atoms with E-state index in [1.165, 1.54) is 36.1 Å². The van der Waals surface area contributed by atoms with E-state index in [9.17, 15) is 0 Å². The zero-order valence-corrected chi connectivity index (χ0v) is 11.3. The van der Waals surface area contributed by atoms with E-state index >= 15 is 0 Å². The van der Waals surface area contributed by atoms with Crippen LogP contribution in [-0.4, -0.2) is 0 Å². The molecule has 2 aromatic rings. The molecule has 1 N–H and O–H groups in total. The highest BCUT2D eigenvalue weighted by Crippen LogP contribution is 2.37. The standard InChI is InChI=1S/C15H19NOS/c1-2-5-13(4-1)15(14-6-3-9-18-14)16-10-12-7-8-17-11-12/h3,6-9,11,13,15-16H,1-2,4-5,10H2. The SMILES string of the molecule is c1csc(C(NCc2ccoc2)C2CCCC2)c1. The Balaban J connectivity index is 1.69. The van der Waals surface area contributed by atoms with Gasteiger partial charge in [-0.25, -0.2) is 0 Å². The highest BCUT2D eigenvalue weighted by atomic mass is 32.1. The zero-order valence-electron chi connectivity index (χ0n) is 10.5. The van der Waals surface area contributed by atoms with Crippen molar-refractivity contribution < 1.29 is 4.42 Å². The molecule has 3 heteroatoms. The van der Waals surface area contributed by atoms with E-state index < -0.39 is 0 Å². The first-order chi connectivity index (χ1) is 8.93. The Morgan fingerprint density at radius 1 is 1.33 bits per heavy atom. The maximum absolute atomic E-state index is 5.13. The lowest BCUT2D eigenvalue weighted by Gasteiger charge is -2.23. The quantitative estimate of drug-likeness (QED) is 0.865. The van der Waals surface area contributed by atoms with Gasteiger partial charge >= 0.3 is 0 Å². The Morgan fingerprint density at radius 2 is 2.22 bits per heavy atom. The second-order valence-electron chi connectivity index (χ2n) is 5.05. The van der Waals surface area contributed by atoms with Gasteiger partial charge in [0.25, 0.3) is 0 Å². The van der Waals surface area contributed by atoms with Gasteiger partial charge in [-0.2, -0.15) is 0 Å². The summed E-state index contributed by atoms with van der Waals surface area (Å²) < 4.78 is 5.13. The molecule has 0 aliphatic heterocycles. The van der Waals surface area contributed by atoms with E-state index in [1.54, 1.807) is 6.26 Å². The average molecular weight is 261 g/mol. The third-order valence-corrected chi connectivity index (χ3v) is 4.78. The van der Waals surface area contributed by atoms with Crippen molar-refractivity contribution in [3.05, 3.63) is 46.5 Å². The van der Waals surface area contributed by atoms with Crippen LogP contribution in [-0.2, 0) is 6.54 Å². The normalized spacial score (nSPS) is 18.2. The van der Waals surface area contributed by atoms with Crippen molar-refractivity contribution in [3.8, 4) is 0 Å². The van der Waals surface area contributed by atoms with Crippen molar-refractivity contribution in [3.63, 3.8) is 0 Å². The topological polar surface area (TPSA) is 25.2 Å². The van der Waals surface area contributed by atoms with Crippen LogP contribution in [0.5, 0.6) is 0 Å². The number of thiophene rings is 1. The third kappa shape index (κ3) is 2.68. The van der Waals surface area contributed by atoms with Crippen molar-refractivity contribution >= 4 is 11.3 Å². The smallest absolute Gasteiger partial charge is 0.0947 e. The Bertz CT molecular complexity index is 443. The number of nitrogens with one attached hydrogen (secondary N) is 1. The molecule has 1 atom stereocenters. The first-order valence-corrected chi connectivity index (χ1v) is 7.59. The fraction of sp³-hybridized carbons (Fsp3) is 0.467. The van der Waals surface area contributed by atoms with Crippen LogP contribution in [0.1, 0.15) is 42.2 Å². The van der Waals surface area contributed by atoms with Gasteiger partial charge in [-0.3, -0.25) is 0 Å². The zero-order chi connectivity index (χ0) is 12.2. The van der Waals surface area contributed by atoms with Crippen molar-refractivity contribution in [2.24, 2.45) is 5.92 Å². The van der Waals surface area contributed by atoms with E-state index in [0.29, 0.717) is 6.04 Å². The highest BCUT2D eigenvalue weighted by Gasteiger charge is 2.26. The van der Waals surface area contributed by atoms with Crippen LogP contribution >= 0.6 is 11.3 Å². The van der Waals surface area contributed by atoms with Crippen LogP contribution < -0.4 is 5.32 Å². The Labute approximate surface area is 112 Å². The van der Waals surface area contributed by atoms with Gasteiger partial charge in [-0.05, 0) is 36.3 Å². The Kier molecular flexibility index (Phi) is 3.81. The van der Waals surface area contributed by atoms with Crippen LogP contribution in [0.4, 0.5) is 0 Å². The lowest BCUT2D eigenvalue weighted by molar-refractivity contribution is 0.370. The molecule has 1 aliphatic carbocycles. The van der Waals surface area contributed by atoms with Gasteiger partial charge in [0.2, 0.25) is 0 Å². The van der Waals surface area contributed by atoms with Gasteiger partial charge in [0.15, 0.2) is 0 Å². The third-order valence-electron chi connectivity index (χ3n) is 3.83. The number of furan rings is 1. The van der Waals surface area contributed by atoms with Gasteiger partial charge in [0.05, 0.1) is 12.5 Å². The highest BCUT2D eigenvalue weighted by molar-refractivity contribution is 7.10. The van der Waals surface area contributed by atoms with Crippen LogP contribution in [0.25, 0.3) is 0 Å². The van der Waals surface area contributed by atoms with E-state index in [-0.39, 0.29) is 0 Å². The molecule has 0 radical (unpaired) electrons. The largest absolute Gasteiger partial charge is 0.472 e. The molecule has 2 nitrogen and oxygen atoms in total. The Hall–Kier alpha value is -1.06. The van der Waals surface area contributed by atoms with Gasteiger partial charge < -0.3 is 9.73 Å². The first-order valence-electron chi connectivity index (χ1n) is 6.71. The summed E-state index contributed by atoms with van der Waals surface area (Å²) in [5.74, 6) is 0.801. The van der Waals surface area contributed by atoms with Crippen molar-refractivity contribution in [1.29, 1.82) is 0 Å². The monoisotopic (exact) mass is 261 g/mol. The summed E-state index contributed by atoms with van der Waals surface area (Å²) in [5.41, 5.74) is 1.23. The number of hydrogen-bond donors (Lipinski definition) is 1. The molecule has 0 aromatic carbocycles. The Morgan fingerprint density at radius 3 is 2.89 bits per heavy atom. The molecule has 1 fully saturated rings. The molecule has 1 unspecified atom stereocenters. The summed E-state index contributed by atoms with van der Waals surface area (Å²) in [6.07, 6.45) is 9.07. The second kappa shape index (κ2) is 5.72. The number of rotatable bonds is 5. The molecular weight excluding hydrogens is 242 g/mol. The fourth-order valence-corrected chi connectivity index (χ4v) is 3.77. The molecular formula is C15H19NOS. The van der Waals surface area contributed by atoms with Gasteiger partial charge in [-0.1, -0.05) is 18.9 Å². The van der Waals surface area contributed by atoms with E-state index in [0.717, 1.165) is 12.5 Å². The van der Waals surface area contributed by atoms with Crippen molar-refractivity contribution in [2.75, 3.05) is 0 Å². The molecule has 1 saturated carbocycles. The minimum absolute atomic E-state index is 0.516. The summed E-state index contributed by atoms with van der Waals surface area (Å²) in [4.78, 5) is 1.48. The van der Waals surface area contributed by atoms with Crippen LogP contribution in [0.2, 0.25) is 0 Å². The molecule has 0 bridgehead atoms. The van der Waals surface area contributed by atoms with E-state index in [4.69, 9.17) is 4.42 Å². The lowest BCUT2D eigenvalue weighted by Crippen LogP contribution is -2.25. The van der Waals surface area contributed by atoms with E-state index in [2.05, 4.69) is 22.8 Å². The summed E-state index contributed by atoms with van der Waals surface area (Å²) >= 11 is 1.87. The summed E-state index contributed by atoms with van der Waals surface area (Å²) in [6, 6.07) is 6.97. The fourth-order valence-electron chi connectivity index (χ4n) is 2.88. The van der Waals surface area contributed by atoms with Crippen LogP contribution in [0.3, 0.4) is 0 Å². The van der Waals surface area contributed by atoms with Crippen molar-refractivity contribution in [1.82, 2.24) is 5.32 Å². The maximum Gasteiger partial charge on any atom is 0.0947 e. The maximum atomic E-state index is 5.13. The molecule has 2 heterocycles. The molecule has 1 aliphatic rings. The van der Waals surface area contributed by atoms with Gasteiger partial charge in [-0.15, -0.1) is 11.3 Å². The minimum atomic E-state index is 0.516. The van der Waals surface area contributed by atoms with E-state index in [1.807, 2.05) is 23.7 Å². The predicted octanol–water partition coefficient (Wildman–Crippen LogP) is 4.36. The molecule has 0 spiro atoms. The van der Waals surface area contributed by atoms with Gasteiger partial charge in [0, 0.05) is 23.0 Å². The first kappa shape index (κ1) is 12.0. The molecule has 0 amide bonds. The molecule has 18 heavy (non-hydrogen) atoms. The van der Waals surface area contributed by atoms with Crippen LogP contribution in [0.15, 0.2) is 40.5 Å².